The lowest BCUT2D eigenvalue weighted by Gasteiger charge is -2.16. The first-order chi connectivity index (χ1) is 8.24. The van der Waals surface area contributed by atoms with Gasteiger partial charge in [0.15, 0.2) is 5.78 Å². The van der Waals surface area contributed by atoms with Crippen LogP contribution in [0.15, 0.2) is 24.5 Å². The molecule has 1 aliphatic rings. The Balaban J connectivity index is 2.20. The van der Waals surface area contributed by atoms with Crippen LogP contribution in [0.25, 0.3) is 0 Å². The van der Waals surface area contributed by atoms with Crippen LogP contribution in [-0.2, 0) is 9.53 Å². The third-order valence-corrected chi connectivity index (χ3v) is 3.10. The number of rotatable bonds is 3. The summed E-state index contributed by atoms with van der Waals surface area (Å²) in [4.78, 5) is 16.1. The van der Waals surface area contributed by atoms with Crippen molar-refractivity contribution in [2.45, 2.75) is 25.4 Å². The minimum absolute atomic E-state index is 0.148. The van der Waals surface area contributed by atoms with E-state index in [4.69, 9.17) is 10.00 Å². The smallest absolute Gasteiger partial charge is 0.183 e. The van der Waals surface area contributed by atoms with E-state index in [1.165, 1.54) is 0 Å². The summed E-state index contributed by atoms with van der Waals surface area (Å²) in [6.07, 6.45) is 3.62. The van der Waals surface area contributed by atoms with Crippen molar-refractivity contribution < 1.29 is 9.53 Å². The molecule has 0 radical (unpaired) electrons. The first kappa shape index (κ1) is 11.7. The van der Waals surface area contributed by atoms with Crippen molar-refractivity contribution in [3.05, 3.63) is 30.1 Å². The molecule has 2 rings (SSSR count). The number of ether oxygens (including phenoxy) is 1. The summed E-state index contributed by atoms with van der Waals surface area (Å²) in [6.45, 7) is 2.58. The van der Waals surface area contributed by atoms with Gasteiger partial charge in [-0.15, -0.1) is 0 Å². The Kier molecular flexibility index (Phi) is 3.50. The lowest BCUT2D eigenvalue weighted by atomic mass is 9.89. The van der Waals surface area contributed by atoms with Crippen LogP contribution in [0.2, 0.25) is 0 Å². The molecule has 0 saturated carbocycles. The summed E-state index contributed by atoms with van der Waals surface area (Å²) in [7, 11) is 0. The lowest BCUT2D eigenvalue weighted by Crippen LogP contribution is -2.29. The molecule has 3 unspecified atom stereocenters. The van der Waals surface area contributed by atoms with Gasteiger partial charge in [0.25, 0.3) is 0 Å². The Morgan fingerprint density at radius 3 is 3.06 bits per heavy atom. The second-order valence-corrected chi connectivity index (χ2v) is 4.31. The maximum Gasteiger partial charge on any atom is 0.183 e. The summed E-state index contributed by atoms with van der Waals surface area (Å²) in [5.74, 6) is -0.727. The average molecular weight is 230 g/mol. The fourth-order valence-corrected chi connectivity index (χ4v) is 2.07. The van der Waals surface area contributed by atoms with Crippen molar-refractivity contribution in [3.63, 3.8) is 0 Å². The number of hydrogen-bond donors (Lipinski definition) is 0. The first-order valence-corrected chi connectivity index (χ1v) is 5.69. The molecule has 1 aliphatic heterocycles. The average Bonchev–Trinajstić information content (AvgIpc) is 2.77. The monoisotopic (exact) mass is 230 g/mol. The molecule has 88 valence electrons. The van der Waals surface area contributed by atoms with Gasteiger partial charge in [0, 0.05) is 19.0 Å². The molecule has 2 heterocycles. The molecule has 1 aromatic heterocycles. The predicted molar refractivity (Wildman–Crippen MR) is 61.1 cm³/mol. The minimum atomic E-state index is -0.769. The van der Waals surface area contributed by atoms with E-state index >= 15 is 0 Å². The van der Waals surface area contributed by atoms with Gasteiger partial charge < -0.3 is 4.74 Å². The zero-order valence-corrected chi connectivity index (χ0v) is 9.67. The standard InChI is InChI=1S/C13H14N2O2/c1-9-4-6-17-13(9)12(16)11(7-14)10-3-2-5-15-8-10/h2-3,5,8-9,11,13H,4,6H2,1H3. The molecule has 4 heteroatoms. The summed E-state index contributed by atoms with van der Waals surface area (Å²) >= 11 is 0. The van der Waals surface area contributed by atoms with Crippen molar-refractivity contribution in [3.8, 4) is 6.07 Å². The van der Waals surface area contributed by atoms with Crippen LogP contribution in [0.4, 0.5) is 0 Å². The molecule has 0 aromatic carbocycles. The van der Waals surface area contributed by atoms with Crippen LogP contribution in [-0.4, -0.2) is 23.5 Å². The van der Waals surface area contributed by atoms with Crippen molar-refractivity contribution >= 4 is 5.78 Å². The van der Waals surface area contributed by atoms with Gasteiger partial charge in [-0.3, -0.25) is 9.78 Å². The highest BCUT2D eigenvalue weighted by Crippen LogP contribution is 2.27. The van der Waals surface area contributed by atoms with E-state index in [-0.39, 0.29) is 11.7 Å². The molecule has 4 nitrogen and oxygen atoms in total. The summed E-state index contributed by atoms with van der Waals surface area (Å²) in [5, 5.41) is 9.14. The van der Waals surface area contributed by atoms with E-state index in [0.29, 0.717) is 12.2 Å². The van der Waals surface area contributed by atoms with Crippen molar-refractivity contribution in [2.24, 2.45) is 5.92 Å². The molecular formula is C13H14N2O2. The van der Waals surface area contributed by atoms with Crippen LogP contribution < -0.4 is 0 Å². The Morgan fingerprint density at radius 1 is 1.71 bits per heavy atom. The van der Waals surface area contributed by atoms with E-state index in [1.807, 2.05) is 13.0 Å². The summed E-state index contributed by atoms with van der Waals surface area (Å²) in [5.41, 5.74) is 0.641. The SMILES string of the molecule is CC1CCOC1C(=O)C(C#N)c1cccnc1. The molecule has 0 N–H and O–H groups in total. The number of carbonyl (C=O) groups excluding carboxylic acids is 1. The third-order valence-electron chi connectivity index (χ3n) is 3.10. The maximum atomic E-state index is 12.2. The number of aromatic nitrogens is 1. The predicted octanol–water partition coefficient (Wildman–Crippen LogP) is 1.68. The third kappa shape index (κ3) is 2.34. The largest absolute Gasteiger partial charge is 0.370 e. The van der Waals surface area contributed by atoms with E-state index in [1.54, 1.807) is 24.5 Å². The number of hydrogen-bond acceptors (Lipinski definition) is 4. The van der Waals surface area contributed by atoms with Gasteiger partial charge in [0.05, 0.1) is 6.07 Å². The van der Waals surface area contributed by atoms with Gasteiger partial charge in [-0.25, -0.2) is 0 Å². The van der Waals surface area contributed by atoms with Gasteiger partial charge >= 0.3 is 0 Å². The minimum Gasteiger partial charge on any atom is -0.370 e. The molecule has 3 atom stereocenters. The topological polar surface area (TPSA) is 63.0 Å². The second-order valence-electron chi connectivity index (χ2n) is 4.31. The molecule has 1 aromatic rings. The molecular weight excluding hydrogens is 216 g/mol. The van der Waals surface area contributed by atoms with Crippen molar-refractivity contribution in [2.75, 3.05) is 6.61 Å². The van der Waals surface area contributed by atoms with Gasteiger partial charge in [-0.05, 0) is 24.0 Å². The van der Waals surface area contributed by atoms with Gasteiger partial charge in [-0.2, -0.15) is 5.26 Å². The highest BCUT2D eigenvalue weighted by atomic mass is 16.5. The highest BCUT2D eigenvalue weighted by molar-refractivity contribution is 5.92. The second kappa shape index (κ2) is 5.07. The van der Waals surface area contributed by atoms with E-state index < -0.39 is 12.0 Å². The van der Waals surface area contributed by atoms with Gasteiger partial charge in [0.1, 0.15) is 12.0 Å². The zero-order chi connectivity index (χ0) is 12.3. The van der Waals surface area contributed by atoms with Crippen LogP contribution in [0.5, 0.6) is 0 Å². The summed E-state index contributed by atoms with van der Waals surface area (Å²) in [6, 6.07) is 5.52. The van der Waals surface area contributed by atoms with Gasteiger partial charge in [-0.1, -0.05) is 13.0 Å². The van der Waals surface area contributed by atoms with Crippen molar-refractivity contribution in [1.82, 2.24) is 4.98 Å². The van der Waals surface area contributed by atoms with Crippen LogP contribution in [0, 0.1) is 17.2 Å². The van der Waals surface area contributed by atoms with Crippen LogP contribution in [0.3, 0.4) is 0 Å². The molecule has 17 heavy (non-hydrogen) atoms. The Labute approximate surface area is 100 Å². The molecule has 0 bridgehead atoms. The Bertz CT molecular complexity index is 438. The molecule has 1 saturated heterocycles. The number of carbonyl (C=O) groups is 1. The Morgan fingerprint density at radius 2 is 2.53 bits per heavy atom. The van der Waals surface area contributed by atoms with E-state index in [9.17, 15) is 4.79 Å². The van der Waals surface area contributed by atoms with E-state index in [0.717, 1.165) is 6.42 Å². The molecule has 0 aliphatic carbocycles. The van der Waals surface area contributed by atoms with Gasteiger partial charge in [0.2, 0.25) is 0 Å². The number of ketones is 1. The van der Waals surface area contributed by atoms with Crippen LogP contribution >= 0.6 is 0 Å². The zero-order valence-electron chi connectivity index (χ0n) is 9.67. The number of nitriles is 1. The highest BCUT2D eigenvalue weighted by Gasteiger charge is 2.36. The normalized spacial score (nSPS) is 25.2. The quantitative estimate of drug-likeness (QED) is 0.792. The molecule has 1 fully saturated rings. The number of Topliss-reactive ketones (excluding diaryl/α,β-unsaturated/α-hetero) is 1. The summed E-state index contributed by atoms with van der Waals surface area (Å²) < 4.78 is 5.41. The fourth-order valence-electron chi connectivity index (χ4n) is 2.07. The van der Waals surface area contributed by atoms with E-state index in [2.05, 4.69) is 4.98 Å². The number of pyridine rings is 1. The molecule has 0 amide bonds. The lowest BCUT2D eigenvalue weighted by molar-refractivity contribution is -0.129. The fraction of sp³-hybridized carbons (Fsp3) is 0.462. The van der Waals surface area contributed by atoms with Crippen LogP contribution in [0.1, 0.15) is 24.8 Å². The molecule has 0 spiro atoms. The number of nitrogens with zero attached hydrogens (tertiary/aromatic N) is 2. The maximum absolute atomic E-state index is 12.2. The first-order valence-electron chi connectivity index (χ1n) is 5.69. The van der Waals surface area contributed by atoms with Crippen molar-refractivity contribution in [1.29, 1.82) is 5.26 Å². The Hall–Kier alpha value is -1.73.